The van der Waals surface area contributed by atoms with E-state index in [-0.39, 0.29) is 17.3 Å². The van der Waals surface area contributed by atoms with Gasteiger partial charge in [-0.2, -0.15) is 0 Å². The number of nitrogens with zero attached hydrogens (tertiary/aromatic N) is 2. The second-order valence-electron chi connectivity index (χ2n) is 12.6. The van der Waals surface area contributed by atoms with Crippen LogP contribution < -0.4 is 4.74 Å². The van der Waals surface area contributed by atoms with Crippen LogP contribution in [0.15, 0.2) is 96.5 Å². The lowest BCUT2D eigenvalue weighted by Crippen LogP contribution is -2.30. The zero-order valence-corrected chi connectivity index (χ0v) is 27.6. The van der Waals surface area contributed by atoms with Gasteiger partial charge in [-0.05, 0) is 61.2 Å². The largest absolute Gasteiger partial charge is 0.487 e. The molecule has 5 aromatic rings. The van der Waals surface area contributed by atoms with E-state index in [0.717, 1.165) is 49.3 Å². The maximum absolute atomic E-state index is 13.2. The van der Waals surface area contributed by atoms with Crippen molar-refractivity contribution in [3.63, 3.8) is 0 Å². The summed E-state index contributed by atoms with van der Waals surface area (Å²) in [7, 11) is 0. The monoisotopic (exact) mass is 626 g/mol. The molecule has 5 rings (SSSR count). The predicted octanol–water partition coefficient (Wildman–Crippen LogP) is 9.66. The second kappa shape index (κ2) is 13.1. The Bertz CT molecular complexity index is 1800. The maximum atomic E-state index is 13.2. The van der Waals surface area contributed by atoms with Crippen LogP contribution in [-0.4, -0.2) is 26.9 Å². The fraction of sp³-hybridized carbons (Fsp3) is 0.297. The van der Waals surface area contributed by atoms with Gasteiger partial charge in [0.1, 0.15) is 19.0 Å². The number of hydrogen-bond donors (Lipinski definition) is 0. The van der Waals surface area contributed by atoms with Gasteiger partial charge >= 0.3 is 5.97 Å². The van der Waals surface area contributed by atoms with Crippen molar-refractivity contribution in [3.8, 4) is 5.75 Å². The molecule has 2 heterocycles. The number of rotatable bonds is 11. The van der Waals surface area contributed by atoms with Gasteiger partial charge in [0.25, 0.3) is 0 Å². The molecule has 44 heavy (non-hydrogen) atoms. The van der Waals surface area contributed by atoms with E-state index in [2.05, 4.69) is 67.2 Å². The molecule has 0 radical (unpaired) electrons. The van der Waals surface area contributed by atoms with Crippen LogP contribution >= 0.6 is 23.4 Å². The lowest BCUT2D eigenvalue weighted by Gasteiger charge is -2.26. The summed E-state index contributed by atoms with van der Waals surface area (Å²) in [5, 5.41) is 4.03. The molecular weight excluding hydrogens is 588 g/mol. The highest BCUT2D eigenvalue weighted by Crippen LogP contribution is 2.44. The molecular formula is C37H39ClN2O3S. The minimum absolute atomic E-state index is 0.0759. The van der Waals surface area contributed by atoms with E-state index < -0.39 is 5.41 Å². The lowest BCUT2D eigenvalue weighted by atomic mass is 9.87. The molecule has 2 aromatic heterocycles. The van der Waals surface area contributed by atoms with Crippen molar-refractivity contribution >= 4 is 51.0 Å². The Hall–Kier alpha value is -3.74. The Morgan fingerprint density at radius 2 is 1.73 bits per heavy atom. The van der Waals surface area contributed by atoms with Crippen LogP contribution in [0, 0.1) is 5.41 Å². The van der Waals surface area contributed by atoms with E-state index in [9.17, 15) is 4.79 Å². The number of aromatic nitrogens is 2. The van der Waals surface area contributed by atoms with E-state index in [1.54, 1.807) is 6.08 Å². The first-order valence-corrected chi connectivity index (χ1v) is 16.0. The zero-order chi connectivity index (χ0) is 31.5. The molecule has 0 bridgehead atoms. The molecule has 0 saturated heterocycles. The third-order valence-corrected chi connectivity index (χ3v) is 8.85. The van der Waals surface area contributed by atoms with Gasteiger partial charge in [-0.1, -0.05) is 81.4 Å². The SMILES string of the molecule is C=CCOC(=O)C(C)(C)Cc1c(SC(C)(C)C)c2cc(OCc3cc4ccccc4cn3)ccc2n1Cc1ccc(Cl)cc1. The van der Waals surface area contributed by atoms with Crippen molar-refractivity contribution in [2.24, 2.45) is 5.41 Å². The first kappa shape index (κ1) is 31.7. The molecule has 7 heteroatoms. The molecule has 0 spiro atoms. The van der Waals surface area contributed by atoms with Gasteiger partial charge in [0.15, 0.2) is 0 Å². The fourth-order valence-electron chi connectivity index (χ4n) is 5.18. The smallest absolute Gasteiger partial charge is 0.312 e. The number of ether oxygens (including phenoxy) is 2. The molecule has 0 atom stereocenters. The highest BCUT2D eigenvalue weighted by Gasteiger charge is 2.34. The topological polar surface area (TPSA) is 53.4 Å². The molecule has 0 fully saturated rings. The van der Waals surface area contributed by atoms with Gasteiger partial charge in [-0.3, -0.25) is 9.78 Å². The average Bonchev–Trinajstić information content (AvgIpc) is 3.24. The number of esters is 1. The number of benzene rings is 3. The number of pyridine rings is 1. The van der Waals surface area contributed by atoms with Crippen LogP contribution in [-0.2, 0) is 29.1 Å². The number of thioether (sulfide) groups is 1. The predicted molar refractivity (Wildman–Crippen MR) is 183 cm³/mol. The summed E-state index contributed by atoms with van der Waals surface area (Å²) in [4.78, 5) is 18.9. The Labute approximate surface area is 269 Å². The van der Waals surface area contributed by atoms with E-state index in [1.165, 1.54) is 0 Å². The standard InChI is InChI=1S/C37H39ClN2O3S/c1-7-18-42-35(41)37(5,6)21-33-34(44-36(2,3)4)31-20-30(43-24-29-19-26-10-8-9-11-27(26)22-39-29)16-17-32(31)40(33)23-25-12-14-28(38)15-13-25/h7-17,19-20,22H,1,18,21,23-24H2,2-6H3. The summed E-state index contributed by atoms with van der Waals surface area (Å²) < 4.78 is 14.1. The summed E-state index contributed by atoms with van der Waals surface area (Å²) in [5.41, 5.74) is 3.39. The van der Waals surface area contributed by atoms with Crippen molar-refractivity contribution in [2.45, 2.75) is 63.8 Å². The van der Waals surface area contributed by atoms with Crippen molar-refractivity contribution < 1.29 is 14.3 Å². The van der Waals surface area contributed by atoms with Crippen molar-refractivity contribution in [2.75, 3.05) is 6.61 Å². The minimum atomic E-state index is -0.761. The van der Waals surface area contributed by atoms with E-state index in [1.807, 2.05) is 74.3 Å². The molecule has 0 aliphatic rings. The summed E-state index contributed by atoms with van der Waals surface area (Å²) in [6.45, 7) is 15.4. The van der Waals surface area contributed by atoms with Crippen LogP contribution in [0.5, 0.6) is 5.75 Å². The first-order chi connectivity index (χ1) is 20.9. The molecule has 0 N–H and O–H groups in total. The van der Waals surface area contributed by atoms with E-state index in [4.69, 9.17) is 21.1 Å². The van der Waals surface area contributed by atoms with Crippen LogP contribution in [0.3, 0.4) is 0 Å². The maximum Gasteiger partial charge on any atom is 0.312 e. The van der Waals surface area contributed by atoms with Crippen LogP contribution in [0.1, 0.15) is 51.6 Å². The molecule has 228 valence electrons. The molecule has 3 aromatic carbocycles. The van der Waals surface area contributed by atoms with Crippen molar-refractivity contribution in [1.29, 1.82) is 0 Å². The van der Waals surface area contributed by atoms with E-state index >= 15 is 0 Å². The van der Waals surface area contributed by atoms with E-state index in [0.29, 0.717) is 24.6 Å². The molecule has 0 aliphatic heterocycles. The van der Waals surface area contributed by atoms with Gasteiger partial charge in [-0.15, -0.1) is 11.8 Å². The average molecular weight is 627 g/mol. The van der Waals surface area contributed by atoms with Crippen molar-refractivity contribution in [1.82, 2.24) is 9.55 Å². The van der Waals surface area contributed by atoms with Gasteiger partial charge < -0.3 is 14.0 Å². The van der Waals surface area contributed by atoms with Gasteiger partial charge in [-0.25, -0.2) is 0 Å². The molecule has 5 nitrogen and oxygen atoms in total. The summed E-state index contributed by atoms with van der Waals surface area (Å²) in [5.74, 6) is 0.516. The minimum Gasteiger partial charge on any atom is -0.487 e. The molecule has 0 saturated carbocycles. The Morgan fingerprint density at radius 1 is 1.00 bits per heavy atom. The van der Waals surface area contributed by atoms with Crippen LogP contribution in [0.2, 0.25) is 5.02 Å². The second-order valence-corrected chi connectivity index (χ2v) is 14.9. The Kier molecular flexibility index (Phi) is 9.42. The summed E-state index contributed by atoms with van der Waals surface area (Å²) in [6, 6.07) is 24.4. The van der Waals surface area contributed by atoms with Crippen LogP contribution in [0.25, 0.3) is 21.7 Å². The van der Waals surface area contributed by atoms with Gasteiger partial charge in [0.05, 0.1) is 11.1 Å². The third-order valence-electron chi connectivity index (χ3n) is 7.32. The quantitative estimate of drug-likeness (QED) is 0.0830. The first-order valence-electron chi connectivity index (χ1n) is 14.8. The van der Waals surface area contributed by atoms with Crippen LogP contribution in [0.4, 0.5) is 0 Å². The Balaban J connectivity index is 1.58. The van der Waals surface area contributed by atoms with Gasteiger partial charge in [0, 0.05) is 55.8 Å². The highest BCUT2D eigenvalue weighted by molar-refractivity contribution is 8.00. The Morgan fingerprint density at radius 3 is 2.43 bits per heavy atom. The number of carbonyl (C=O) groups is 1. The number of carbonyl (C=O) groups excluding carboxylic acids is 1. The van der Waals surface area contributed by atoms with Crippen molar-refractivity contribution in [3.05, 3.63) is 114 Å². The zero-order valence-electron chi connectivity index (χ0n) is 26.0. The molecule has 0 unspecified atom stereocenters. The molecule has 0 amide bonds. The summed E-state index contributed by atoms with van der Waals surface area (Å²) >= 11 is 8.02. The number of halogens is 1. The normalized spacial score (nSPS) is 12.0. The summed E-state index contributed by atoms with van der Waals surface area (Å²) in [6.07, 6.45) is 3.99. The third kappa shape index (κ3) is 7.48. The molecule has 0 aliphatic carbocycles. The number of hydrogen-bond acceptors (Lipinski definition) is 5. The number of fused-ring (bicyclic) bond motifs is 2. The fourth-order valence-corrected chi connectivity index (χ4v) is 6.49. The van der Waals surface area contributed by atoms with Gasteiger partial charge in [0.2, 0.25) is 0 Å². The highest BCUT2D eigenvalue weighted by atomic mass is 35.5. The lowest BCUT2D eigenvalue weighted by molar-refractivity contribution is -0.152.